The molecule has 0 radical (unpaired) electrons. The van der Waals surface area contributed by atoms with Crippen molar-refractivity contribution in [1.82, 2.24) is 4.98 Å². The highest BCUT2D eigenvalue weighted by molar-refractivity contribution is 5.85. The predicted molar refractivity (Wildman–Crippen MR) is 131 cm³/mol. The van der Waals surface area contributed by atoms with Gasteiger partial charge in [-0.1, -0.05) is 56.3 Å². The number of ketones is 1. The quantitative estimate of drug-likeness (QED) is 0.396. The van der Waals surface area contributed by atoms with Crippen LogP contribution in [0.25, 0.3) is 0 Å². The zero-order chi connectivity index (χ0) is 23.0. The first-order chi connectivity index (χ1) is 16.1. The van der Waals surface area contributed by atoms with E-state index in [9.17, 15) is 4.79 Å². The van der Waals surface area contributed by atoms with Crippen molar-refractivity contribution in [2.75, 3.05) is 18.0 Å². The zero-order valence-corrected chi connectivity index (χ0v) is 19.4. The fourth-order valence-corrected chi connectivity index (χ4v) is 4.14. The second-order valence-electron chi connectivity index (χ2n) is 8.61. The summed E-state index contributed by atoms with van der Waals surface area (Å²) >= 11 is 0. The molecule has 2 heterocycles. The van der Waals surface area contributed by atoms with Crippen LogP contribution in [0.2, 0.25) is 0 Å². The molecule has 1 aliphatic heterocycles. The molecule has 2 aromatic carbocycles. The smallest absolute Gasteiger partial charge is 0.215 e. The minimum Gasteiger partial charge on any atom is -0.489 e. The van der Waals surface area contributed by atoms with Crippen LogP contribution in [0.5, 0.6) is 11.6 Å². The molecule has 1 saturated heterocycles. The Morgan fingerprint density at radius 3 is 2.67 bits per heavy atom. The van der Waals surface area contributed by atoms with Crippen molar-refractivity contribution in [2.45, 2.75) is 51.7 Å². The number of benzene rings is 2. The van der Waals surface area contributed by atoms with E-state index in [-0.39, 0.29) is 12.0 Å². The third-order valence-corrected chi connectivity index (χ3v) is 6.12. The number of anilines is 1. The number of ether oxygens (including phenoxy) is 2. The number of Topliss-reactive ketones (excluding diaryl/α,β-unsaturated/α-hetero) is 1. The fraction of sp³-hybridized carbons (Fsp3) is 0.357. The molecular formula is C28H32N2O3. The van der Waals surface area contributed by atoms with E-state index in [1.54, 1.807) is 6.20 Å². The Balaban J connectivity index is 1.31. The lowest BCUT2D eigenvalue weighted by atomic mass is 9.94. The molecule has 1 fully saturated rings. The molecule has 0 spiro atoms. The van der Waals surface area contributed by atoms with E-state index in [2.05, 4.69) is 9.88 Å². The molecule has 3 aromatic rings. The van der Waals surface area contributed by atoms with E-state index in [1.165, 1.54) is 0 Å². The molecule has 2 atom stereocenters. The summed E-state index contributed by atoms with van der Waals surface area (Å²) in [5.41, 5.74) is 3.26. The lowest BCUT2D eigenvalue weighted by Crippen LogP contribution is -2.24. The van der Waals surface area contributed by atoms with E-state index in [4.69, 9.17) is 9.47 Å². The summed E-state index contributed by atoms with van der Waals surface area (Å²) < 4.78 is 12.1. The van der Waals surface area contributed by atoms with Gasteiger partial charge in [-0.25, -0.2) is 4.98 Å². The van der Waals surface area contributed by atoms with E-state index in [0.717, 1.165) is 48.5 Å². The molecule has 5 heteroatoms. The van der Waals surface area contributed by atoms with Crippen molar-refractivity contribution in [3.05, 3.63) is 84.1 Å². The van der Waals surface area contributed by atoms with Crippen LogP contribution >= 0.6 is 0 Å². The lowest BCUT2D eigenvalue weighted by molar-refractivity contribution is -0.120. The van der Waals surface area contributed by atoms with Gasteiger partial charge in [0.25, 0.3) is 0 Å². The maximum absolute atomic E-state index is 12.2. The van der Waals surface area contributed by atoms with Gasteiger partial charge in [-0.3, -0.25) is 4.79 Å². The van der Waals surface area contributed by atoms with Gasteiger partial charge in [0.2, 0.25) is 5.88 Å². The number of hydrogen-bond acceptors (Lipinski definition) is 5. The Hall–Kier alpha value is -3.34. The third-order valence-electron chi connectivity index (χ3n) is 6.12. The van der Waals surface area contributed by atoms with Crippen molar-refractivity contribution in [3.8, 4) is 11.6 Å². The minimum atomic E-state index is -0.0639. The van der Waals surface area contributed by atoms with Gasteiger partial charge in [0.05, 0.1) is 6.54 Å². The monoisotopic (exact) mass is 444 g/mol. The van der Waals surface area contributed by atoms with Crippen LogP contribution in [0, 0.1) is 0 Å². The first-order valence-corrected chi connectivity index (χ1v) is 11.8. The van der Waals surface area contributed by atoms with Crippen LogP contribution < -0.4 is 14.4 Å². The van der Waals surface area contributed by atoms with Crippen LogP contribution in [0.1, 0.15) is 50.2 Å². The largest absolute Gasteiger partial charge is 0.489 e. The Morgan fingerprint density at radius 2 is 1.91 bits per heavy atom. The van der Waals surface area contributed by atoms with E-state index in [1.807, 2.05) is 80.6 Å². The standard InChI is InChI=1S/C28H32N2O3/c1-3-7-27(31)21(2)23-10-12-25(13-11-23)33-26-15-17-30(19-26)24-14-16-29-28(18-24)32-20-22-8-5-4-6-9-22/h4-6,8-14,16,18,21,26H,3,7,15,17,19-20H2,1-2H3/t21?,26-/m1/s1. The number of hydrogen-bond donors (Lipinski definition) is 0. The fourth-order valence-electron chi connectivity index (χ4n) is 4.14. The molecule has 1 unspecified atom stereocenters. The summed E-state index contributed by atoms with van der Waals surface area (Å²) in [6.07, 6.45) is 4.39. The van der Waals surface area contributed by atoms with Gasteiger partial charge in [0.1, 0.15) is 24.2 Å². The van der Waals surface area contributed by atoms with Crippen LogP contribution in [-0.4, -0.2) is 30.0 Å². The highest BCUT2D eigenvalue weighted by atomic mass is 16.5. The molecule has 33 heavy (non-hydrogen) atoms. The number of aromatic nitrogens is 1. The SMILES string of the molecule is CCCC(=O)C(C)c1ccc(O[C@@H]2CCN(c3ccnc(OCc4ccccc4)c3)C2)cc1. The van der Waals surface area contributed by atoms with E-state index < -0.39 is 0 Å². The van der Waals surface area contributed by atoms with Crippen molar-refractivity contribution >= 4 is 11.5 Å². The van der Waals surface area contributed by atoms with Crippen molar-refractivity contribution < 1.29 is 14.3 Å². The molecule has 5 nitrogen and oxygen atoms in total. The minimum absolute atomic E-state index is 0.0639. The summed E-state index contributed by atoms with van der Waals surface area (Å²) in [5, 5.41) is 0. The molecule has 0 aliphatic carbocycles. The molecule has 0 amide bonds. The average molecular weight is 445 g/mol. The van der Waals surface area contributed by atoms with E-state index in [0.29, 0.717) is 24.7 Å². The van der Waals surface area contributed by atoms with Crippen molar-refractivity contribution in [1.29, 1.82) is 0 Å². The van der Waals surface area contributed by atoms with Gasteiger partial charge in [-0.2, -0.15) is 0 Å². The molecule has 4 rings (SSSR count). The number of pyridine rings is 1. The summed E-state index contributed by atoms with van der Waals surface area (Å²) in [4.78, 5) is 18.8. The normalized spacial score (nSPS) is 16.4. The zero-order valence-electron chi connectivity index (χ0n) is 19.4. The Kier molecular flexibility index (Phi) is 7.61. The first kappa shape index (κ1) is 22.8. The van der Waals surface area contributed by atoms with Crippen molar-refractivity contribution in [3.63, 3.8) is 0 Å². The second-order valence-corrected chi connectivity index (χ2v) is 8.61. The highest BCUT2D eigenvalue weighted by Crippen LogP contribution is 2.27. The molecular weight excluding hydrogens is 412 g/mol. The van der Waals surface area contributed by atoms with E-state index >= 15 is 0 Å². The third kappa shape index (κ3) is 6.13. The highest BCUT2D eigenvalue weighted by Gasteiger charge is 2.25. The summed E-state index contributed by atoms with van der Waals surface area (Å²) in [6, 6.07) is 22.1. The molecule has 1 aromatic heterocycles. The molecule has 1 aliphatic rings. The maximum Gasteiger partial charge on any atom is 0.215 e. The molecule has 0 saturated carbocycles. The van der Waals surface area contributed by atoms with Gasteiger partial charge in [0.15, 0.2) is 0 Å². The van der Waals surface area contributed by atoms with Gasteiger partial charge < -0.3 is 14.4 Å². The van der Waals surface area contributed by atoms with Gasteiger partial charge >= 0.3 is 0 Å². The first-order valence-electron chi connectivity index (χ1n) is 11.8. The Labute approximate surface area is 196 Å². The van der Waals surface area contributed by atoms with Gasteiger partial charge in [-0.15, -0.1) is 0 Å². The Morgan fingerprint density at radius 1 is 1.12 bits per heavy atom. The number of rotatable bonds is 10. The molecule has 172 valence electrons. The topological polar surface area (TPSA) is 51.7 Å². The van der Waals surface area contributed by atoms with Crippen LogP contribution in [0.4, 0.5) is 5.69 Å². The number of carbonyl (C=O) groups excluding carboxylic acids is 1. The second kappa shape index (κ2) is 11.0. The van der Waals surface area contributed by atoms with Crippen LogP contribution in [-0.2, 0) is 11.4 Å². The van der Waals surface area contributed by atoms with Crippen molar-refractivity contribution in [2.24, 2.45) is 0 Å². The summed E-state index contributed by atoms with van der Waals surface area (Å²) in [6.45, 7) is 6.26. The Bertz CT molecular complexity index is 1040. The molecule has 0 N–H and O–H groups in total. The van der Waals surface area contributed by atoms with Gasteiger partial charge in [0, 0.05) is 43.3 Å². The summed E-state index contributed by atoms with van der Waals surface area (Å²) in [7, 11) is 0. The van der Waals surface area contributed by atoms with Crippen LogP contribution in [0.15, 0.2) is 72.9 Å². The van der Waals surface area contributed by atoms with Crippen LogP contribution in [0.3, 0.4) is 0 Å². The lowest BCUT2D eigenvalue weighted by Gasteiger charge is -2.20. The predicted octanol–water partition coefficient (Wildman–Crippen LogP) is 5.79. The summed E-state index contributed by atoms with van der Waals surface area (Å²) in [5.74, 6) is 1.71. The molecule has 0 bridgehead atoms. The average Bonchev–Trinajstić information content (AvgIpc) is 3.32. The van der Waals surface area contributed by atoms with Gasteiger partial charge in [-0.05, 0) is 35.7 Å². The number of carbonyl (C=O) groups is 1. The maximum atomic E-state index is 12.2. The number of nitrogens with zero attached hydrogens (tertiary/aromatic N) is 2.